The van der Waals surface area contributed by atoms with Crippen LogP contribution in [0, 0.1) is 4.91 Å². The molecule has 1 aromatic heterocycles. The van der Waals surface area contributed by atoms with Crippen LogP contribution in [0.15, 0.2) is 101 Å². The van der Waals surface area contributed by atoms with Crippen LogP contribution in [-0.2, 0) is 19.5 Å². The minimum atomic E-state index is -0.821. The molecule has 1 heterocycles. The Balaban J connectivity index is 1.68. The van der Waals surface area contributed by atoms with Crippen molar-refractivity contribution in [3.05, 3.63) is 133 Å². The van der Waals surface area contributed by atoms with Gasteiger partial charge in [-0.25, -0.2) is 0 Å². The van der Waals surface area contributed by atoms with Crippen molar-refractivity contribution in [1.29, 1.82) is 0 Å². The number of carbonyl (C=O) groups is 1. The number of aromatic nitrogens is 1. The van der Waals surface area contributed by atoms with Gasteiger partial charge < -0.3 is 9.47 Å². The third kappa shape index (κ3) is 5.67. The molecule has 0 spiro atoms. The molecule has 0 aliphatic rings. The van der Waals surface area contributed by atoms with Gasteiger partial charge in [0.15, 0.2) is 0 Å². The maximum Gasteiger partial charge on any atom is 0.316 e. The lowest BCUT2D eigenvalue weighted by molar-refractivity contribution is 0.100. The summed E-state index contributed by atoms with van der Waals surface area (Å²) in [7, 11) is 0. The van der Waals surface area contributed by atoms with Crippen LogP contribution in [0.4, 0.5) is 11.4 Å². The zero-order valence-corrected chi connectivity index (χ0v) is 20.1. The smallest absolute Gasteiger partial charge is 0.316 e. The van der Waals surface area contributed by atoms with E-state index in [4.69, 9.17) is 23.2 Å². The van der Waals surface area contributed by atoms with Crippen molar-refractivity contribution >= 4 is 40.5 Å². The summed E-state index contributed by atoms with van der Waals surface area (Å²) in [5, 5.41) is 2.87. The largest absolute Gasteiger partial charge is 0.335 e. The Morgan fingerprint density at radius 3 is 1.94 bits per heavy atom. The molecule has 1 amide bonds. The van der Waals surface area contributed by atoms with Gasteiger partial charge in [0.25, 0.3) is 5.56 Å². The van der Waals surface area contributed by atoms with Crippen LogP contribution in [0.1, 0.15) is 21.6 Å². The van der Waals surface area contributed by atoms with E-state index in [-0.39, 0.29) is 16.1 Å². The fourth-order valence-corrected chi connectivity index (χ4v) is 4.38. The van der Waals surface area contributed by atoms with Gasteiger partial charge >= 0.3 is 5.91 Å². The number of anilines is 2. The molecular formula is C27H21Cl2N3O3. The summed E-state index contributed by atoms with van der Waals surface area (Å²) in [6.45, 7) is 0.669. The van der Waals surface area contributed by atoms with Crippen LogP contribution in [0.25, 0.3) is 0 Å². The number of para-hydroxylation sites is 2. The number of nitroso groups, excluding NO2 is 1. The molecule has 0 N–H and O–H groups in total. The van der Waals surface area contributed by atoms with Crippen molar-refractivity contribution in [2.75, 3.05) is 4.90 Å². The summed E-state index contributed by atoms with van der Waals surface area (Å²) in [5.41, 5.74) is 3.30. The third-order valence-electron chi connectivity index (χ3n) is 5.66. The van der Waals surface area contributed by atoms with Gasteiger partial charge in [-0.2, -0.15) is 0 Å². The van der Waals surface area contributed by atoms with Gasteiger partial charge in [0.1, 0.15) is 5.02 Å². The Morgan fingerprint density at radius 2 is 1.40 bits per heavy atom. The third-order valence-corrected chi connectivity index (χ3v) is 6.25. The van der Waals surface area contributed by atoms with E-state index >= 15 is 0 Å². The summed E-state index contributed by atoms with van der Waals surface area (Å²) >= 11 is 12.8. The summed E-state index contributed by atoms with van der Waals surface area (Å²) < 4.78 is 1.59. The van der Waals surface area contributed by atoms with E-state index in [9.17, 15) is 14.5 Å². The number of nitrogens with zero attached hydrogens (tertiary/aromatic N) is 3. The summed E-state index contributed by atoms with van der Waals surface area (Å²) in [6, 6.07) is 27.7. The molecule has 4 rings (SSSR count). The number of pyridine rings is 1. The van der Waals surface area contributed by atoms with Crippen LogP contribution < -0.4 is 10.5 Å². The minimum Gasteiger partial charge on any atom is -0.335 e. The molecule has 0 atom stereocenters. The molecule has 35 heavy (non-hydrogen) atoms. The molecule has 0 bridgehead atoms. The molecule has 3 aromatic carbocycles. The second kappa shape index (κ2) is 11.1. The highest BCUT2D eigenvalue weighted by atomic mass is 35.5. The standard InChI is InChI=1S/C27H21Cl2N3O3/c28-23-17-24(29)27(34)31(16-15-19-11-13-20(14-12-19)26(33)30-35)25(23)18-32(21-7-3-1-4-8-21)22-9-5-2-6-10-22/h1-14,17H,15-16,18H2. The topological polar surface area (TPSA) is 71.7 Å². The summed E-state index contributed by atoms with van der Waals surface area (Å²) in [4.78, 5) is 37.1. The molecule has 0 aliphatic heterocycles. The Morgan fingerprint density at radius 1 is 0.829 bits per heavy atom. The number of halogens is 2. The van der Waals surface area contributed by atoms with Gasteiger partial charge in [0, 0.05) is 28.7 Å². The first kappa shape index (κ1) is 24.4. The van der Waals surface area contributed by atoms with Crippen molar-refractivity contribution in [2.45, 2.75) is 19.5 Å². The predicted octanol–water partition coefficient (Wildman–Crippen LogP) is 6.64. The lowest BCUT2D eigenvalue weighted by Crippen LogP contribution is -2.29. The Bertz CT molecular complexity index is 1350. The molecule has 0 radical (unpaired) electrons. The molecule has 0 saturated heterocycles. The molecule has 176 valence electrons. The van der Waals surface area contributed by atoms with E-state index in [0.717, 1.165) is 16.9 Å². The zero-order chi connectivity index (χ0) is 24.8. The van der Waals surface area contributed by atoms with Gasteiger partial charge in [-0.15, -0.1) is 4.91 Å². The molecule has 4 aromatic rings. The van der Waals surface area contributed by atoms with Gasteiger partial charge in [-0.05, 0) is 54.4 Å². The molecule has 8 heteroatoms. The average molecular weight is 506 g/mol. The van der Waals surface area contributed by atoms with Gasteiger partial charge in [0.05, 0.1) is 17.3 Å². The Hall–Kier alpha value is -3.74. The van der Waals surface area contributed by atoms with E-state index in [1.165, 1.54) is 6.07 Å². The predicted molar refractivity (Wildman–Crippen MR) is 140 cm³/mol. The number of benzene rings is 3. The van der Waals surface area contributed by atoms with Crippen molar-refractivity contribution in [3.63, 3.8) is 0 Å². The van der Waals surface area contributed by atoms with Crippen molar-refractivity contribution in [1.82, 2.24) is 4.57 Å². The van der Waals surface area contributed by atoms with E-state index in [0.29, 0.717) is 30.2 Å². The average Bonchev–Trinajstić information content (AvgIpc) is 2.90. The lowest BCUT2D eigenvalue weighted by atomic mass is 10.1. The fourth-order valence-electron chi connectivity index (χ4n) is 3.84. The number of hydrogen-bond donors (Lipinski definition) is 0. The van der Waals surface area contributed by atoms with Crippen LogP contribution >= 0.6 is 23.2 Å². The second-order valence-electron chi connectivity index (χ2n) is 7.84. The van der Waals surface area contributed by atoms with Crippen LogP contribution in [-0.4, -0.2) is 10.5 Å². The van der Waals surface area contributed by atoms with Crippen molar-refractivity contribution in [3.8, 4) is 0 Å². The maximum absolute atomic E-state index is 13.1. The maximum atomic E-state index is 13.1. The summed E-state index contributed by atoms with van der Waals surface area (Å²) in [6.07, 6.45) is 0.489. The number of rotatable bonds is 8. The number of amides is 1. The monoisotopic (exact) mass is 505 g/mol. The highest BCUT2D eigenvalue weighted by Crippen LogP contribution is 2.29. The first-order valence-electron chi connectivity index (χ1n) is 10.9. The highest BCUT2D eigenvalue weighted by molar-refractivity contribution is 6.34. The van der Waals surface area contributed by atoms with E-state index in [1.54, 1.807) is 28.8 Å². The number of carbonyl (C=O) groups excluding carboxylic acids is 1. The quantitative estimate of drug-likeness (QED) is 0.251. The Kier molecular flexibility index (Phi) is 7.75. The minimum absolute atomic E-state index is 0.0442. The molecule has 0 saturated carbocycles. The van der Waals surface area contributed by atoms with Crippen molar-refractivity contribution in [2.24, 2.45) is 5.18 Å². The molecular weight excluding hydrogens is 485 g/mol. The van der Waals surface area contributed by atoms with Crippen LogP contribution in [0.3, 0.4) is 0 Å². The first-order chi connectivity index (χ1) is 17.0. The number of hydrogen-bond acceptors (Lipinski definition) is 4. The second-order valence-corrected chi connectivity index (χ2v) is 8.66. The lowest BCUT2D eigenvalue weighted by Gasteiger charge is -2.27. The molecule has 6 nitrogen and oxygen atoms in total. The number of aryl methyl sites for hydroxylation is 1. The normalized spacial score (nSPS) is 10.7. The Labute approximate surface area is 212 Å². The fraction of sp³-hybridized carbons (Fsp3) is 0.111. The van der Waals surface area contributed by atoms with Crippen LogP contribution in [0.2, 0.25) is 10.0 Å². The van der Waals surface area contributed by atoms with Gasteiger partial charge in [-0.1, -0.05) is 71.7 Å². The first-order valence-corrected chi connectivity index (χ1v) is 11.7. The van der Waals surface area contributed by atoms with E-state index < -0.39 is 5.91 Å². The summed E-state index contributed by atoms with van der Waals surface area (Å²) in [5.74, 6) is -0.821. The van der Waals surface area contributed by atoms with Gasteiger partial charge in [0.2, 0.25) is 0 Å². The van der Waals surface area contributed by atoms with Crippen molar-refractivity contribution < 1.29 is 4.79 Å². The van der Waals surface area contributed by atoms with Crippen LogP contribution in [0.5, 0.6) is 0 Å². The van der Waals surface area contributed by atoms with E-state index in [1.807, 2.05) is 60.7 Å². The van der Waals surface area contributed by atoms with E-state index in [2.05, 4.69) is 10.1 Å². The zero-order valence-electron chi connectivity index (χ0n) is 18.6. The molecule has 0 unspecified atom stereocenters. The molecule has 0 aliphatic carbocycles. The highest BCUT2D eigenvalue weighted by Gasteiger charge is 2.18. The molecule has 0 fully saturated rings. The van der Waals surface area contributed by atoms with Gasteiger partial charge in [-0.3, -0.25) is 9.59 Å². The SMILES string of the molecule is O=NC(=O)c1ccc(CCn2c(CN(c3ccccc3)c3ccccc3)c(Cl)cc(Cl)c2=O)cc1.